The van der Waals surface area contributed by atoms with Crippen LogP contribution in [-0.4, -0.2) is 59.9 Å². The van der Waals surface area contributed by atoms with Gasteiger partial charge in [-0.05, 0) is 56.5 Å². The van der Waals surface area contributed by atoms with E-state index in [1.165, 1.54) is 47.7 Å². The van der Waals surface area contributed by atoms with Crippen molar-refractivity contribution in [3.05, 3.63) is 66.5 Å². The van der Waals surface area contributed by atoms with Gasteiger partial charge >= 0.3 is 0 Å². The summed E-state index contributed by atoms with van der Waals surface area (Å²) in [5, 5.41) is 8.46. The van der Waals surface area contributed by atoms with Crippen LogP contribution >= 0.6 is 11.5 Å². The monoisotopic (exact) mass is 582 g/mol. The lowest BCUT2D eigenvalue weighted by atomic mass is 10.1. The van der Waals surface area contributed by atoms with Crippen molar-refractivity contribution in [3.63, 3.8) is 0 Å². The number of likely N-dealkylation sites (tertiary alicyclic amines) is 1. The Bertz CT molecular complexity index is 1760. The predicted molar refractivity (Wildman–Crippen MR) is 150 cm³/mol. The summed E-state index contributed by atoms with van der Waals surface area (Å²) in [4.78, 5) is 15.3. The van der Waals surface area contributed by atoms with Gasteiger partial charge in [-0.2, -0.15) is 9.47 Å². The van der Waals surface area contributed by atoms with Crippen molar-refractivity contribution in [1.29, 1.82) is 0 Å². The van der Waals surface area contributed by atoms with Gasteiger partial charge in [0.25, 0.3) is 10.0 Å². The van der Waals surface area contributed by atoms with E-state index < -0.39 is 21.7 Å². The molecule has 0 aliphatic carbocycles. The second kappa shape index (κ2) is 10.9. The molecule has 0 spiro atoms. The van der Waals surface area contributed by atoms with E-state index in [9.17, 15) is 12.8 Å². The standard InChI is InChI=1S/C25H27FN10O2S2/c1-17-13-36-22(18-10-29-35(14-18)16-40(37,38)33-21-5-6-27-11-20(21)26)12-28-25(36)24(30-17)31-23-9-19(32-39-23)15-34-7-3-2-4-8-34/h5-6,9-14H,2-4,7-8,15-16H2,1H3,(H,27,33)(H,30,31). The first-order valence-electron chi connectivity index (χ1n) is 12.8. The largest absolute Gasteiger partial charge is 0.328 e. The summed E-state index contributed by atoms with van der Waals surface area (Å²) >= 11 is 1.39. The van der Waals surface area contributed by atoms with Crippen LogP contribution in [0.2, 0.25) is 0 Å². The maximum atomic E-state index is 13.9. The molecular weight excluding hydrogens is 555 g/mol. The highest BCUT2D eigenvalue weighted by Gasteiger charge is 2.18. The minimum absolute atomic E-state index is 0.174. The van der Waals surface area contributed by atoms with Crippen molar-refractivity contribution in [2.24, 2.45) is 0 Å². The molecule has 0 radical (unpaired) electrons. The van der Waals surface area contributed by atoms with E-state index in [-0.39, 0.29) is 5.69 Å². The quantitative estimate of drug-likeness (QED) is 0.264. The van der Waals surface area contributed by atoms with Crippen molar-refractivity contribution in [2.75, 3.05) is 23.1 Å². The van der Waals surface area contributed by atoms with Crippen LogP contribution in [0, 0.1) is 12.7 Å². The molecule has 208 valence electrons. The molecule has 40 heavy (non-hydrogen) atoms. The first-order valence-corrected chi connectivity index (χ1v) is 15.2. The number of fused-ring (bicyclic) bond motifs is 1. The topological polar surface area (TPSA) is 135 Å². The van der Waals surface area contributed by atoms with Crippen LogP contribution in [0.5, 0.6) is 0 Å². The van der Waals surface area contributed by atoms with Gasteiger partial charge in [-0.1, -0.05) is 6.42 Å². The number of hydrogen-bond acceptors (Lipinski definition) is 10. The number of aromatic nitrogens is 7. The number of aryl methyl sites for hydroxylation is 1. The van der Waals surface area contributed by atoms with E-state index in [1.807, 2.05) is 17.5 Å². The Morgan fingerprint density at radius 3 is 2.80 bits per heavy atom. The van der Waals surface area contributed by atoms with Gasteiger partial charge in [-0.25, -0.2) is 22.8 Å². The molecule has 0 aromatic carbocycles. The molecule has 5 aromatic heterocycles. The van der Waals surface area contributed by atoms with E-state index in [0.717, 1.165) is 47.9 Å². The van der Waals surface area contributed by atoms with Crippen LogP contribution in [-0.2, 0) is 22.4 Å². The van der Waals surface area contributed by atoms with Gasteiger partial charge in [0.05, 0.1) is 41.4 Å². The van der Waals surface area contributed by atoms with E-state index in [2.05, 4.69) is 45.4 Å². The van der Waals surface area contributed by atoms with E-state index in [0.29, 0.717) is 17.0 Å². The van der Waals surface area contributed by atoms with Gasteiger partial charge in [0.15, 0.2) is 23.2 Å². The molecule has 1 fully saturated rings. The number of halogens is 1. The Morgan fingerprint density at radius 2 is 1.98 bits per heavy atom. The summed E-state index contributed by atoms with van der Waals surface area (Å²) < 4.78 is 49.1. The second-order valence-electron chi connectivity index (χ2n) is 9.68. The van der Waals surface area contributed by atoms with Crippen LogP contribution in [0.3, 0.4) is 0 Å². The van der Waals surface area contributed by atoms with Crippen LogP contribution in [0.25, 0.3) is 16.9 Å². The molecule has 1 saturated heterocycles. The van der Waals surface area contributed by atoms with Crippen molar-refractivity contribution in [3.8, 4) is 11.3 Å². The molecule has 1 aliphatic heterocycles. The Kier molecular flexibility index (Phi) is 7.16. The molecule has 15 heteroatoms. The number of pyridine rings is 1. The Morgan fingerprint density at radius 1 is 1.12 bits per heavy atom. The Balaban J connectivity index is 1.20. The number of piperidine rings is 1. The molecule has 0 saturated carbocycles. The summed E-state index contributed by atoms with van der Waals surface area (Å²) in [5.41, 5.74) is 3.62. The summed E-state index contributed by atoms with van der Waals surface area (Å²) in [6.07, 6.45) is 12.7. The third kappa shape index (κ3) is 5.80. The number of anilines is 3. The molecule has 0 bridgehead atoms. The lowest BCUT2D eigenvalue weighted by molar-refractivity contribution is 0.219. The minimum Gasteiger partial charge on any atom is -0.328 e. The van der Waals surface area contributed by atoms with Crippen molar-refractivity contribution < 1.29 is 12.8 Å². The summed E-state index contributed by atoms with van der Waals surface area (Å²) in [6, 6.07) is 3.31. The highest BCUT2D eigenvalue weighted by molar-refractivity contribution is 7.91. The predicted octanol–water partition coefficient (Wildman–Crippen LogP) is 4.02. The third-order valence-corrected chi connectivity index (χ3v) is 8.39. The lowest BCUT2D eigenvalue weighted by Crippen LogP contribution is -2.29. The van der Waals surface area contributed by atoms with Crippen LogP contribution in [0.1, 0.15) is 30.7 Å². The van der Waals surface area contributed by atoms with Gasteiger partial charge < -0.3 is 5.32 Å². The number of sulfonamides is 1. The molecule has 6 heterocycles. The van der Waals surface area contributed by atoms with E-state index in [1.54, 1.807) is 18.6 Å². The molecule has 6 rings (SSSR count). The van der Waals surface area contributed by atoms with E-state index in [4.69, 9.17) is 0 Å². The first kappa shape index (κ1) is 26.3. The number of imidazole rings is 1. The smallest absolute Gasteiger partial charge is 0.253 e. The highest BCUT2D eigenvalue weighted by atomic mass is 32.2. The second-order valence-corrected chi connectivity index (χ2v) is 12.2. The number of nitrogens with zero attached hydrogens (tertiary/aromatic N) is 8. The normalized spacial score (nSPS) is 14.6. The molecular formula is C25H27FN10O2S2. The molecule has 2 N–H and O–H groups in total. The van der Waals surface area contributed by atoms with Gasteiger partial charge in [0, 0.05) is 30.7 Å². The number of rotatable bonds is 9. The first-order chi connectivity index (χ1) is 19.3. The summed E-state index contributed by atoms with van der Waals surface area (Å²) in [5.74, 6) is -0.662. The average Bonchev–Trinajstić information content (AvgIpc) is 3.66. The Labute approximate surface area is 234 Å². The van der Waals surface area contributed by atoms with Crippen LogP contribution in [0.4, 0.5) is 20.9 Å². The fourth-order valence-electron chi connectivity index (χ4n) is 4.71. The minimum atomic E-state index is -3.93. The average molecular weight is 583 g/mol. The van der Waals surface area contributed by atoms with Crippen molar-refractivity contribution >= 4 is 43.7 Å². The SMILES string of the molecule is Cc1cn2c(-c3cnn(CS(=O)(=O)Nc4ccncc4F)c3)cnc2c(Nc2cc(CN3CCCCC3)ns2)n1. The molecule has 0 unspecified atom stereocenters. The fourth-order valence-corrected chi connectivity index (χ4v) is 6.42. The highest BCUT2D eigenvalue weighted by Crippen LogP contribution is 2.28. The molecule has 12 nitrogen and oxygen atoms in total. The van der Waals surface area contributed by atoms with Gasteiger partial charge in [0.1, 0.15) is 5.00 Å². The van der Waals surface area contributed by atoms with Crippen LogP contribution in [0.15, 0.2) is 49.3 Å². The van der Waals surface area contributed by atoms with E-state index >= 15 is 0 Å². The number of nitrogens with one attached hydrogen (secondary N) is 2. The molecule has 5 aromatic rings. The maximum Gasteiger partial charge on any atom is 0.253 e. The van der Waals surface area contributed by atoms with Gasteiger partial charge in [0.2, 0.25) is 0 Å². The summed E-state index contributed by atoms with van der Waals surface area (Å²) in [7, 11) is -3.93. The summed E-state index contributed by atoms with van der Waals surface area (Å²) in [6.45, 7) is 4.96. The maximum absolute atomic E-state index is 13.9. The molecule has 0 atom stereocenters. The van der Waals surface area contributed by atoms with Gasteiger partial charge in [-0.3, -0.25) is 23.7 Å². The molecule has 1 aliphatic rings. The van der Waals surface area contributed by atoms with Crippen molar-refractivity contribution in [2.45, 2.75) is 38.6 Å². The van der Waals surface area contributed by atoms with Gasteiger partial charge in [-0.15, -0.1) is 0 Å². The Hall–Kier alpha value is -3.95. The number of hydrogen-bond donors (Lipinski definition) is 2. The lowest BCUT2D eigenvalue weighted by Gasteiger charge is -2.25. The van der Waals surface area contributed by atoms with Crippen molar-refractivity contribution in [1.82, 2.24) is 38.4 Å². The fraction of sp³-hybridized carbons (Fsp3) is 0.320. The third-order valence-electron chi connectivity index (χ3n) is 6.52. The van der Waals surface area contributed by atoms with Crippen LogP contribution < -0.4 is 10.0 Å². The zero-order valence-electron chi connectivity index (χ0n) is 21.7. The molecule has 0 amide bonds. The zero-order valence-corrected chi connectivity index (χ0v) is 23.3. The zero-order chi connectivity index (χ0) is 27.7.